The Labute approximate surface area is 134 Å². The minimum atomic E-state index is -0.371. The van der Waals surface area contributed by atoms with Gasteiger partial charge in [-0.3, -0.25) is 19.4 Å². The van der Waals surface area contributed by atoms with Gasteiger partial charge in [0.1, 0.15) is 6.04 Å². The molecule has 2 fully saturated rings. The number of carbonyl (C=O) groups excluding carboxylic acids is 3. The molecular formula is C16H20N4O3. The molecule has 1 aromatic heterocycles. The monoisotopic (exact) mass is 316 g/mol. The maximum Gasteiger partial charge on any atom is 0.253 e. The molecule has 0 spiro atoms. The second kappa shape index (κ2) is 6.76. The number of hydrogen-bond acceptors (Lipinski definition) is 4. The molecule has 2 aliphatic rings. The summed E-state index contributed by atoms with van der Waals surface area (Å²) in [7, 11) is 0. The first-order valence-electron chi connectivity index (χ1n) is 7.92. The number of carbonyl (C=O) groups is 3. The number of rotatable bonds is 3. The molecule has 0 bridgehead atoms. The van der Waals surface area contributed by atoms with E-state index in [0.29, 0.717) is 31.5 Å². The Hall–Kier alpha value is -2.44. The van der Waals surface area contributed by atoms with Crippen LogP contribution < -0.4 is 10.6 Å². The summed E-state index contributed by atoms with van der Waals surface area (Å²) in [5, 5.41) is 5.69. The summed E-state index contributed by atoms with van der Waals surface area (Å²) in [6.45, 7) is 1.20. The Balaban J connectivity index is 1.48. The molecule has 2 N–H and O–H groups in total. The van der Waals surface area contributed by atoms with Crippen LogP contribution in [0.25, 0.3) is 0 Å². The lowest BCUT2D eigenvalue weighted by molar-refractivity contribution is -0.135. The van der Waals surface area contributed by atoms with Gasteiger partial charge in [0.05, 0.1) is 5.56 Å². The Bertz CT molecular complexity index is 597. The van der Waals surface area contributed by atoms with Crippen LogP contribution in [0.2, 0.25) is 0 Å². The van der Waals surface area contributed by atoms with Crippen LogP contribution in [0.15, 0.2) is 24.5 Å². The van der Waals surface area contributed by atoms with Crippen LogP contribution in [0, 0.1) is 0 Å². The second-order valence-electron chi connectivity index (χ2n) is 5.97. The van der Waals surface area contributed by atoms with Crippen molar-refractivity contribution in [3.05, 3.63) is 30.1 Å². The molecule has 1 aromatic rings. The third-order valence-corrected chi connectivity index (χ3v) is 4.36. The van der Waals surface area contributed by atoms with Crippen molar-refractivity contribution in [3.8, 4) is 0 Å². The number of amides is 3. The number of nitrogens with one attached hydrogen (secondary N) is 2. The van der Waals surface area contributed by atoms with Gasteiger partial charge < -0.3 is 15.5 Å². The van der Waals surface area contributed by atoms with Crippen LogP contribution in [0.4, 0.5) is 0 Å². The van der Waals surface area contributed by atoms with E-state index in [9.17, 15) is 14.4 Å². The van der Waals surface area contributed by atoms with Gasteiger partial charge in [-0.25, -0.2) is 0 Å². The highest BCUT2D eigenvalue weighted by Gasteiger charge is 2.32. The fourth-order valence-corrected chi connectivity index (χ4v) is 3.03. The molecule has 0 saturated carbocycles. The van der Waals surface area contributed by atoms with Crippen molar-refractivity contribution in [2.75, 3.05) is 13.1 Å². The maximum absolute atomic E-state index is 12.3. The zero-order chi connectivity index (χ0) is 16.2. The van der Waals surface area contributed by atoms with E-state index in [1.165, 1.54) is 6.20 Å². The molecule has 7 heteroatoms. The van der Waals surface area contributed by atoms with Gasteiger partial charge in [-0.2, -0.15) is 0 Å². The van der Waals surface area contributed by atoms with Crippen LogP contribution >= 0.6 is 0 Å². The molecule has 122 valence electrons. The number of nitrogens with zero attached hydrogens (tertiary/aromatic N) is 2. The number of hydrogen-bond donors (Lipinski definition) is 2. The first-order chi connectivity index (χ1) is 11.1. The number of aromatic nitrogens is 1. The van der Waals surface area contributed by atoms with Crippen molar-refractivity contribution in [2.24, 2.45) is 0 Å². The molecule has 0 radical (unpaired) electrons. The van der Waals surface area contributed by atoms with E-state index in [4.69, 9.17) is 0 Å². The van der Waals surface area contributed by atoms with E-state index < -0.39 is 0 Å². The molecule has 7 nitrogen and oxygen atoms in total. The fraction of sp³-hybridized carbons (Fsp3) is 0.500. The van der Waals surface area contributed by atoms with Crippen molar-refractivity contribution < 1.29 is 14.4 Å². The normalized spacial score (nSPS) is 21.8. The summed E-state index contributed by atoms with van der Waals surface area (Å²) < 4.78 is 0. The number of pyridine rings is 1. The van der Waals surface area contributed by atoms with Crippen LogP contribution in [-0.4, -0.2) is 52.8 Å². The predicted molar refractivity (Wildman–Crippen MR) is 82.5 cm³/mol. The molecule has 3 rings (SSSR count). The van der Waals surface area contributed by atoms with Gasteiger partial charge in [-0.1, -0.05) is 0 Å². The zero-order valence-corrected chi connectivity index (χ0v) is 12.8. The lowest BCUT2D eigenvalue weighted by atomic mass is 10.0. The van der Waals surface area contributed by atoms with Crippen molar-refractivity contribution in [1.29, 1.82) is 0 Å². The van der Waals surface area contributed by atoms with Gasteiger partial charge in [0, 0.05) is 37.9 Å². The summed E-state index contributed by atoms with van der Waals surface area (Å²) >= 11 is 0. The van der Waals surface area contributed by atoms with E-state index in [1.54, 1.807) is 23.2 Å². The molecular weight excluding hydrogens is 296 g/mol. The molecule has 2 saturated heterocycles. The molecule has 3 heterocycles. The standard InChI is InChI=1S/C16H20N4O3/c21-14-4-3-13(19-14)16(23)20-8-5-12(6-9-20)18-15(22)11-2-1-7-17-10-11/h1-2,7,10,12-13H,3-6,8-9H2,(H,18,22)(H,19,21). The predicted octanol–water partition coefficient (Wildman–Crippen LogP) is 0.0810. The summed E-state index contributed by atoms with van der Waals surface area (Å²) in [4.78, 5) is 41.3. The smallest absolute Gasteiger partial charge is 0.253 e. The molecule has 2 aliphatic heterocycles. The van der Waals surface area contributed by atoms with Gasteiger partial charge in [-0.05, 0) is 31.4 Å². The lowest BCUT2D eigenvalue weighted by Gasteiger charge is -2.33. The lowest BCUT2D eigenvalue weighted by Crippen LogP contribution is -2.51. The molecule has 23 heavy (non-hydrogen) atoms. The first kappa shape index (κ1) is 15.5. The molecule has 3 amide bonds. The first-order valence-corrected chi connectivity index (χ1v) is 7.92. The Morgan fingerprint density at radius 1 is 1.26 bits per heavy atom. The highest BCUT2D eigenvalue weighted by molar-refractivity contribution is 5.94. The highest BCUT2D eigenvalue weighted by Crippen LogP contribution is 2.16. The minimum Gasteiger partial charge on any atom is -0.349 e. The third-order valence-electron chi connectivity index (χ3n) is 4.36. The maximum atomic E-state index is 12.3. The van der Waals surface area contributed by atoms with Gasteiger partial charge >= 0.3 is 0 Å². The average molecular weight is 316 g/mol. The van der Waals surface area contributed by atoms with Crippen LogP contribution in [0.5, 0.6) is 0 Å². The van der Waals surface area contributed by atoms with Crippen molar-refractivity contribution in [1.82, 2.24) is 20.5 Å². The molecule has 0 aromatic carbocycles. The Kier molecular flexibility index (Phi) is 4.55. The van der Waals surface area contributed by atoms with Crippen LogP contribution in [-0.2, 0) is 9.59 Å². The van der Waals surface area contributed by atoms with E-state index in [-0.39, 0.29) is 29.8 Å². The molecule has 1 atom stereocenters. The summed E-state index contributed by atoms with van der Waals surface area (Å²) in [5.41, 5.74) is 0.541. The zero-order valence-electron chi connectivity index (χ0n) is 12.8. The average Bonchev–Trinajstić information content (AvgIpc) is 3.02. The van der Waals surface area contributed by atoms with Crippen molar-refractivity contribution in [2.45, 2.75) is 37.8 Å². The van der Waals surface area contributed by atoms with E-state index in [2.05, 4.69) is 15.6 Å². The molecule has 0 aliphatic carbocycles. The highest BCUT2D eigenvalue weighted by atomic mass is 16.2. The van der Waals surface area contributed by atoms with Crippen molar-refractivity contribution in [3.63, 3.8) is 0 Å². The summed E-state index contributed by atoms with van der Waals surface area (Å²) in [6, 6.07) is 3.14. The van der Waals surface area contributed by atoms with Crippen LogP contribution in [0.3, 0.4) is 0 Å². The van der Waals surface area contributed by atoms with Gasteiger partial charge in [0.2, 0.25) is 11.8 Å². The fourth-order valence-electron chi connectivity index (χ4n) is 3.03. The van der Waals surface area contributed by atoms with Gasteiger partial charge in [-0.15, -0.1) is 0 Å². The summed E-state index contributed by atoms with van der Waals surface area (Å²) in [5.74, 6) is -0.194. The number of likely N-dealkylation sites (tertiary alicyclic amines) is 1. The van der Waals surface area contributed by atoms with Crippen molar-refractivity contribution >= 4 is 17.7 Å². The SMILES string of the molecule is O=C1CCC(C(=O)N2CCC(NC(=O)c3cccnc3)CC2)N1. The minimum absolute atomic E-state index is 0.00659. The van der Waals surface area contributed by atoms with E-state index >= 15 is 0 Å². The van der Waals surface area contributed by atoms with E-state index in [0.717, 1.165) is 12.8 Å². The van der Waals surface area contributed by atoms with Crippen LogP contribution in [0.1, 0.15) is 36.0 Å². The second-order valence-corrected chi connectivity index (χ2v) is 5.97. The summed E-state index contributed by atoms with van der Waals surface area (Å²) in [6.07, 6.45) is 5.61. The topological polar surface area (TPSA) is 91.4 Å². The Morgan fingerprint density at radius 3 is 2.65 bits per heavy atom. The largest absolute Gasteiger partial charge is 0.349 e. The Morgan fingerprint density at radius 2 is 2.04 bits per heavy atom. The third kappa shape index (κ3) is 3.67. The quantitative estimate of drug-likeness (QED) is 0.826. The van der Waals surface area contributed by atoms with Gasteiger partial charge in [0.25, 0.3) is 5.91 Å². The van der Waals surface area contributed by atoms with Gasteiger partial charge in [0.15, 0.2) is 0 Å². The van der Waals surface area contributed by atoms with E-state index in [1.807, 2.05) is 0 Å². The number of piperidine rings is 1. The molecule has 1 unspecified atom stereocenters.